The Morgan fingerprint density at radius 2 is 1.62 bits per heavy atom. The van der Waals surface area contributed by atoms with E-state index in [4.69, 9.17) is 9.47 Å². The molecule has 1 fully saturated rings. The predicted octanol–water partition coefficient (Wildman–Crippen LogP) is 2.64. The van der Waals surface area contributed by atoms with Crippen molar-refractivity contribution in [2.45, 2.75) is 57.5 Å². The van der Waals surface area contributed by atoms with Gasteiger partial charge in [0.1, 0.15) is 0 Å². The minimum atomic E-state index is -0.424. The second-order valence-corrected chi connectivity index (χ2v) is 5.21. The van der Waals surface area contributed by atoms with Crippen molar-refractivity contribution < 1.29 is 9.47 Å². The van der Waals surface area contributed by atoms with Crippen LogP contribution < -0.4 is 0 Å². The first-order valence-corrected chi connectivity index (χ1v) is 4.93. The zero-order valence-corrected chi connectivity index (χ0v) is 8.89. The molecule has 1 spiro atoms. The summed E-state index contributed by atoms with van der Waals surface area (Å²) in [6.45, 7) is 8.36. The molecule has 0 N–H and O–H groups in total. The molecule has 2 nitrogen and oxygen atoms in total. The van der Waals surface area contributed by atoms with Gasteiger partial charge in [0.25, 0.3) is 0 Å². The minimum Gasteiger partial charge on any atom is -0.340 e. The molecule has 0 aromatic carbocycles. The molecule has 0 saturated carbocycles. The number of ether oxygens (including phenoxy) is 2. The lowest BCUT2D eigenvalue weighted by Gasteiger charge is -2.29. The third-order valence-corrected chi connectivity index (χ3v) is 2.70. The molecule has 74 valence electrons. The first-order valence-electron chi connectivity index (χ1n) is 4.93. The van der Waals surface area contributed by atoms with Crippen LogP contribution in [0.4, 0.5) is 0 Å². The lowest BCUT2D eigenvalue weighted by molar-refractivity contribution is -0.235. The Bertz CT molecular complexity index is 253. The first kappa shape index (κ1) is 9.22. The largest absolute Gasteiger partial charge is 0.340 e. The molecule has 0 aromatic heterocycles. The molecule has 2 heteroatoms. The van der Waals surface area contributed by atoms with Gasteiger partial charge in [0, 0.05) is 6.42 Å². The fourth-order valence-electron chi connectivity index (χ4n) is 2.08. The zero-order chi connectivity index (χ0) is 9.74. The Morgan fingerprint density at radius 3 is 2.00 bits per heavy atom. The van der Waals surface area contributed by atoms with Crippen LogP contribution in [0.1, 0.15) is 40.5 Å². The summed E-state index contributed by atoms with van der Waals surface area (Å²) in [4.78, 5) is 0. The maximum absolute atomic E-state index is 5.92. The van der Waals surface area contributed by atoms with Crippen LogP contribution in [0, 0.1) is 0 Å². The van der Waals surface area contributed by atoms with Crippen LogP contribution >= 0.6 is 0 Å². The van der Waals surface area contributed by atoms with Crippen LogP contribution in [0.3, 0.4) is 0 Å². The average molecular weight is 182 g/mol. The Labute approximate surface area is 79.9 Å². The minimum absolute atomic E-state index is 0.0369. The fourth-order valence-corrected chi connectivity index (χ4v) is 2.08. The van der Waals surface area contributed by atoms with Gasteiger partial charge in [0.15, 0.2) is 5.79 Å². The van der Waals surface area contributed by atoms with Crippen molar-refractivity contribution in [3.05, 3.63) is 12.2 Å². The van der Waals surface area contributed by atoms with E-state index in [1.807, 2.05) is 0 Å². The lowest BCUT2D eigenvalue weighted by Crippen LogP contribution is -2.35. The lowest BCUT2D eigenvalue weighted by atomic mass is 10.0. The van der Waals surface area contributed by atoms with Gasteiger partial charge in [-0.2, -0.15) is 0 Å². The summed E-state index contributed by atoms with van der Waals surface area (Å²) in [5.74, 6) is -0.424. The molecule has 13 heavy (non-hydrogen) atoms. The third kappa shape index (κ3) is 1.65. The van der Waals surface area contributed by atoms with Crippen molar-refractivity contribution in [1.82, 2.24) is 0 Å². The second kappa shape index (κ2) is 2.37. The van der Waals surface area contributed by atoms with E-state index < -0.39 is 5.79 Å². The van der Waals surface area contributed by atoms with E-state index in [0.717, 1.165) is 12.8 Å². The molecular weight excluding hydrogens is 164 g/mol. The zero-order valence-electron chi connectivity index (χ0n) is 8.89. The summed E-state index contributed by atoms with van der Waals surface area (Å²) in [6.07, 6.45) is 6.20. The molecule has 0 amide bonds. The van der Waals surface area contributed by atoms with Gasteiger partial charge < -0.3 is 9.47 Å². The molecule has 1 saturated heterocycles. The Kier molecular flexibility index (Phi) is 1.68. The fraction of sp³-hybridized carbons (Fsp3) is 0.818. The maximum atomic E-state index is 5.92. The van der Waals surface area contributed by atoms with Crippen LogP contribution in [0.25, 0.3) is 0 Å². The van der Waals surface area contributed by atoms with Crippen molar-refractivity contribution in [3.63, 3.8) is 0 Å². The van der Waals surface area contributed by atoms with E-state index in [1.54, 1.807) is 0 Å². The topological polar surface area (TPSA) is 18.5 Å². The molecule has 0 bridgehead atoms. The highest BCUT2D eigenvalue weighted by molar-refractivity contribution is 5.14. The molecule has 1 atom stereocenters. The highest BCUT2D eigenvalue weighted by Crippen LogP contribution is 2.45. The first-order chi connectivity index (χ1) is 5.83. The molecular formula is C11H18O2. The highest BCUT2D eigenvalue weighted by atomic mass is 16.7. The molecule has 0 unspecified atom stereocenters. The summed E-state index contributed by atoms with van der Waals surface area (Å²) in [5.41, 5.74) is -0.203. The van der Waals surface area contributed by atoms with E-state index >= 15 is 0 Å². The van der Waals surface area contributed by atoms with Gasteiger partial charge in [-0.1, -0.05) is 6.08 Å². The van der Waals surface area contributed by atoms with Gasteiger partial charge in [0.2, 0.25) is 0 Å². The Hall–Kier alpha value is -0.340. The molecule has 0 aliphatic carbocycles. The van der Waals surface area contributed by atoms with E-state index in [9.17, 15) is 0 Å². The van der Waals surface area contributed by atoms with Gasteiger partial charge in [-0.3, -0.25) is 0 Å². The van der Waals surface area contributed by atoms with Crippen LogP contribution in [0.15, 0.2) is 12.2 Å². The van der Waals surface area contributed by atoms with Crippen molar-refractivity contribution in [2.75, 3.05) is 0 Å². The van der Waals surface area contributed by atoms with Gasteiger partial charge in [0.05, 0.1) is 11.2 Å². The number of hydrogen-bond donors (Lipinski definition) is 0. The quantitative estimate of drug-likeness (QED) is 0.536. The number of rotatable bonds is 0. The predicted molar refractivity (Wildman–Crippen MR) is 51.4 cm³/mol. The molecule has 0 aromatic rings. The van der Waals surface area contributed by atoms with Gasteiger partial charge >= 0.3 is 0 Å². The third-order valence-electron chi connectivity index (χ3n) is 2.70. The SMILES string of the molecule is CC1(C)C=C[C@@]2(CCC(C)(C)O2)O1. The molecule has 2 aliphatic rings. The van der Waals surface area contributed by atoms with Crippen LogP contribution in [-0.4, -0.2) is 17.0 Å². The van der Waals surface area contributed by atoms with Crippen molar-refractivity contribution in [2.24, 2.45) is 0 Å². The summed E-state index contributed by atoms with van der Waals surface area (Å²) in [6, 6.07) is 0. The normalized spacial score (nSPS) is 40.3. The summed E-state index contributed by atoms with van der Waals surface area (Å²) >= 11 is 0. The van der Waals surface area contributed by atoms with Crippen molar-refractivity contribution >= 4 is 0 Å². The Balaban J connectivity index is 2.16. The van der Waals surface area contributed by atoms with Crippen LogP contribution in [0.5, 0.6) is 0 Å². The van der Waals surface area contributed by atoms with E-state index in [2.05, 4.69) is 39.8 Å². The smallest absolute Gasteiger partial charge is 0.189 e. The van der Waals surface area contributed by atoms with Crippen molar-refractivity contribution in [1.29, 1.82) is 0 Å². The van der Waals surface area contributed by atoms with Crippen molar-refractivity contribution in [3.8, 4) is 0 Å². The highest BCUT2D eigenvalue weighted by Gasteiger charge is 2.49. The molecule has 2 aliphatic heterocycles. The summed E-state index contributed by atoms with van der Waals surface area (Å²) in [5, 5.41) is 0. The second-order valence-electron chi connectivity index (χ2n) is 5.21. The van der Waals surface area contributed by atoms with Crippen LogP contribution in [0.2, 0.25) is 0 Å². The van der Waals surface area contributed by atoms with E-state index in [-0.39, 0.29) is 11.2 Å². The molecule has 2 rings (SSSR count). The molecule has 0 radical (unpaired) electrons. The van der Waals surface area contributed by atoms with Crippen LogP contribution in [-0.2, 0) is 9.47 Å². The van der Waals surface area contributed by atoms with E-state index in [1.165, 1.54) is 0 Å². The van der Waals surface area contributed by atoms with E-state index in [0.29, 0.717) is 0 Å². The summed E-state index contributed by atoms with van der Waals surface area (Å²) in [7, 11) is 0. The Morgan fingerprint density at radius 1 is 0.923 bits per heavy atom. The van der Waals surface area contributed by atoms with Gasteiger partial charge in [-0.15, -0.1) is 0 Å². The average Bonchev–Trinajstić information content (AvgIpc) is 2.37. The monoisotopic (exact) mass is 182 g/mol. The standard InChI is InChI=1S/C11H18O2/c1-9(2)5-7-11(12-9)8-6-10(3,4)13-11/h5,7H,6,8H2,1-4H3/t11-/m1/s1. The number of hydrogen-bond acceptors (Lipinski definition) is 2. The van der Waals surface area contributed by atoms with Gasteiger partial charge in [-0.05, 0) is 40.2 Å². The molecule has 2 heterocycles. The maximum Gasteiger partial charge on any atom is 0.189 e. The van der Waals surface area contributed by atoms with Gasteiger partial charge in [-0.25, -0.2) is 0 Å². The summed E-state index contributed by atoms with van der Waals surface area (Å²) < 4.78 is 11.8.